The molecule has 1 heterocycles. The van der Waals surface area contributed by atoms with Crippen LogP contribution in [0.15, 0.2) is 11.6 Å². The average molecular weight is 201 g/mol. The van der Waals surface area contributed by atoms with Gasteiger partial charge in [0.1, 0.15) is 0 Å². The van der Waals surface area contributed by atoms with Gasteiger partial charge in [-0.3, -0.25) is 0 Å². The monoisotopic (exact) mass is 200 g/mol. The molecule has 1 rings (SSSR count). The SMILES string of the molecule is CC(=CCCCl)Cc1nnn(C)n1. The van der Waals surface area contributed by atoms with Crippen LogP contribution in [-0.4, -0.2) is 26.1 Å². The standard InChI is InChI=1S/C8H13ClN4/c1-7(4-3-5-9)6-8-10-12-13(2)11-8/h4H,3,5-6H2,1-2H3. The largest absolute Gasteiger partial charge is 0.178 e. The van der Waals surface area contributed by atoms with Crippen LogP contribution >= 0.6 is 11.6 Å². The first-order valence-electron chi connectivity index (χ1n) is 4.17. The molecule has 0 bridgehead atoms. The molecule has 0 aliphatic heterocycles. The molecule has 0 saturated heterocycles. The third-order valence-electron chi connectivity index (χ3n) is 1.59. The van der Waals surface area contributed by atoms with Gasteiger partial charge in [-0.05, 0) is 18.6 Å². The zero-order valence-electron chi connectivity index (χ0n) is 7.87. The predicted molar refractivity (Wildman–Crippen MR) is 51.6 cm³/mol. The van der Waals surface area contributed by atoms with Crippen LogP contribution in [0.25, 0.3) is 0 Å². The summed E-state index contributed by atoms with van der Waals surface area (Å²) in [6.45, 7) is 2.04. The van der Waals surface area contributed by atoms with Crippen LogP contribution in [0.2, 0.25) is 0 Å². The number of alkyl halides is 1. The molecule has 0 amide bonds. The minimum atomic E-state index is 0.658. The molecule has 0 spiro atoms. The third-order valence-corrected chi connectivity index (χ3v) is 1.81. The topological polar surface area (TPSA) is 43.6 Å². The maximum absolute atomic E-state index is 5.56. The molecule has 13 heavy (non-hydrogen) atoms. The Labute approximate surface area is 82.6 Å². The van der Waals surface area contributed by atoms with Crippen molar-refractivity contribution in [2.24, 2.45) is 7.05 Å². The highest BCUT2D eigenvalue weighted by molar-refractivity contribution is 6.17. The van der Waals surface area contributed by atoms with Crippen molar-refractivity contribution in [1.29, 1.82) is 0 Å². The summed E-state index contributed by atoms with van der Waals surface area (Å²) in [6.07, 6.45) is 3.75. The minimum Gasteiger partial charge on any atom is -0.167 e. The number of nitrogens with zero attached hydrogens (tertiary/aromatic N) is 4. The van der Waals surface area contributed by atoms with Gasteiger partial charge in [0, 0.05) is 12.3 Å². The molecule has 0 fully saturated rings. The predicted octanol–water partition coefficient (Wildman–Crippen LogP) is 1.33. The molecule has 0 unspecified atom stereocenters. The van der Waals surface area contributed by atoms with Crippen LogP contribution in [0.4, 0.5) is 0 Å². The van der Waals surface area contributed by atoms with E-state index in [4.69, 9.17) is 11.6 Å². The van der Waals surface area contributed by atoms with Crippen LogP contribution in [0.5, 0.6) is 0 Å². The van der Waals surface area contributed by atoms with Crippen molar-refractivity contribution >= 4 is 11.6 Å². The van der Waals surface area contributed by atoms with E-state index in [0.717, 1.165) is 18.7 Å². The summed E-state index contributed by atoms with van der Waals surface area (Å²) in [5.41, 5.74) is 1.23. The van der Waals surface area contributed by atoms with E-state index in [9.17, 15) is 0 Å². The quantitative estimate of drug-likeness (QED) is 0.544. The summed E-state index contributed by atoms with van der Waals surface area (Å²) in [4.78, 5) is 1.46. The van der Waals surface area contributed by atoms with Crippen LogP contribution in [-0.2, 0) is 13.5 Å². The van der Waals surface area contributed by atoms with E-state index in [1.165, 1.54) is 10.4 Å². The Kier molecular flexibility index (Phi) is 3.89. The molecule has 0 radical (unpaired) electrons. The van der Waals surface area contributed by atoms with Crippen molar-refractivity contribution in [3.05, 3.63) is 17.5 Å². The first kappa shape index (κ1) is 10.2. The summed E-state index contributed by atoms with van der Waals surface area (Å²) in [5, 5.41) is 11.7. The van der Waals surface area contributed by atoms with E-state index in [-0.39, 0.29) is 0 Å². The smallest absolute Gasteiger partial charge is 0.167 e. The lowest BCUT2D eigenvalue weighted by atomic mass is 10.2. The van der Waals surface area contributed by atoms with Gasteiger partial charge in [-0.2, -0.15) is 4.80 Å². The molecule has 1 aromatic heterocycles. The number of halogens is 1. The molecule has 0 atom stereocenters. The Hall–Kier alpha value is -0.900. The highest BCUT2D eigenvalue weighted by atomic mass is 35.5. The van der Waals surface area contributed by atoms with Crippen LogP contribution in [0, 0.1) is 0 Å². The molecule has 0 N–H and O–H groups in total. The zero-order valence-corrected chi connectivity index (χ0v) is 8.62. The highest BCUT2D eigenvalue weighted by Gasteiger charge is 2.00. The molecular formula is C8H13ClN4. The zero-order chi connectivity index (χ0) is 9.68. The fourth-order valence-corrected chi connectivity index (χ4v) is 1.13. The third kappa shape index (κ3) is 3.55. The number of hydrogen-bond donors (Lipinski definition) is 0. The van der Waals surface area contributed by atoms with E-state index < -0.39 is 0 Å². The van der Waals surface area contributed by atoms with E-state index in [0.29, 0.717) is 5.88 Å². The highest BCUT2D eigenvalue weighted by Crippen LogP contribution is 2.02. The van der Waals surface area contributed by atoms with E-state index in [2.05, 4.69) is 21.5 Å². The normalized spacial score (nSPS) is 12.1. The fraction of sp³-hybridized carbons (Fsp3) is 0.625. The van der Waals surface area contributed by atoms with Gasteiger partial charge in [0.2, 0.25) is 0 Å². The molecule has 0 aliphatic carbocycles. The number of allylic oxidation sites excluding steroid dienone is 2. The molecule has 4 nitrogen and oxygen atoms in total. The van der Waals surface area contributed by atoms with E-state index in [1.54, 1.807) is 7.05 Å². The van der Waals surface area contributed by atoms with Crippen molar-refractivity contribution < 1.29 is 0 Å². The van der Waals surface area contributed by atoms with Gasteiger partial charge in [0.15, 0.2) is 5.82 Å². The second kappa shape index (κ2) is 4.97. The van der Waals surface area contributed by atoms with Gasteiger partial charge in [0.25, 0.3) is 0 Å². The Morgan fingerprint density at radius 1 is 1.62 bits per heavy atom. The van der Waals surface area contributed by atoms with Gasteiger partial charge in [-0.15, -0.1) is 21.8 Å². The fourth-order valence-electron chi connectivity index (χ4n) is 1.02. The van der Waals surface area contributed by atoms with Crippen molar-refractivity contribution in [2.45, 2.75) is 19.8 Å². The summed E-state index contributed by atoms with van der Waals surface area (Å²) in [5.74, 6) is 1.41. The van der Waals surface area contributed by atoms with Gasteiger partial charge in [0.05, 0.1) is 7.05 Å². The molecule has 0 saturated carbocycles. The Morgan fingerprint density at radius 2 is 2.38 bits per heavy atom. The van der Waals surface area contributed by atoms with Gasteiger partial charge < -0.3 is 0 Å². The second-order valence-corrected chi connectivity index (χ2v) is 3.28. The van der Waals surface area contributed by atoms with E-state index >= 15 is 0 Å². The summed E-state index contributed by atoms with van der Waals surface area (Å²) in [6, 6.07) is 0. The number of aryl methyl sites for hydroxylation is 1. The summed E-state index contributed by atoms with van der Waals surface area (Å²) < 4.78 is 0. The lowest BCUT2D eigenvalue weighted by Crippen LogP contribution is -1.94. The molecular weight excluding hydrogens is 188 g/mol. The lowest BCUT2D eigenvalue weighted by molar-refractivity contribution is 0.628. The van der Waals surface area contributed by atoms with Crippen molar-refractivity contribution in [2.75, 3.05) is 5.88 Å². The maximum Gasteiger partial charge on any atom is 0.178 e. The van der Waals surface area contributed by atoms with Crippen molar-refractivity contribution in [3.63, 3.8) is 0 Å². The Bertz CT molecular complexity index is 292. The number of aromatic nitrogens is 4. The van der Waals surface area contributed by atoms with Crippen molar-refractivity contribution in [3.8, 4) is 0 Å². The van der Waals surface area contributed by atoms with E-state index in [1.807, 2.05) is 6.92 Å². The van der Waals surface area contributed by atoms with Crippen LogP contribution in [0.1, 0.15) is 19.2 Å². The Balaban J connectivity index is 2.49. The average Bonchev–Trinajstić information content (AvgIpc) is 2.48. The maximum atomic E-state index is 5.56. The number of rotatable bonds is 4. The molecule has 5 heteroatoms. The van der Waals surface area contributed by atoms with Gasteiger partial charge in [-0.25, -0.2) is 0 Å². The summed E-state index contributed by atoms with van der Waals surface area (Å²) in [7, 11) is 1.76. The first-order valence-corrected chi connectivity index (χ1v) is 4.70. The molecule has 72 valence electrons. The van der Waals surface area contributed by atoms with Crippen LogP contribution in [0.3, 0.4) is 0 Å². The second-order valence-electron chi connectivity index (χ2n) is 2.90. The molecule has 1 aromatic rings. The van der Waals surface area contributed by atoms with Gasteiger partial charge in [-0.1, -0.05) is 11.6 Å². The molecule has 0 aromatic carbocycles. The molecule has 0 aliphatic rings. The summed E-state index contributed by atoms with van der Waals surface area (Å²) >= 11 is 5.56. The number of hydrogen-bond acceptors (Lipinski definition) is 3. The van der Waals surface area contributed by atoms with Gasteiger partial charge >= 0.3 is 0 Å². The number of tetrazole rings is 1. The van der Waals surface area contributed by atoms with Crippen molar-refractivity contribution in [1.82, 2.24) is 20.2 Å². The first-order chi connectivity index (χ1) is 6.22. The lowest BCUT2D eigenvalue weighted by Gasteiger charge is -1.94. The minimum absolute atomic E-state index is 0.658. The van der Waals surface area contributed by atoms with Crippen LogP contribution < -0.4 is 0 Å². The Morgan fingerprint density at radius 3 is 2.92 bits per heavy atom.